The van der Waals surface area contributed by atoms with Gasteiger partial charge in [-0.05, 0) is 79.9 Å². The first kappa shape index (κ1) is 24.7. The summed E-state index contributed by atoms with van der Waals surface area (Å²) in [6, 6.07) is 15.5. The summed E-state index contributed by atoms with van der Waals surface area (Å²) in [4.78, 5) is 22.7. The fourth-order valence-corrected chi connectivity index (χ4v) is 4.44. The summed E-state index contributed by atoms with van der Waals surface area (Å²) < 4.78 is 32.6. The van der Waals surface area contributed by atoms with Crippen molar-refractivity contribution in [1.82, 2.24) is 0 Å². The normalized spacial score (nSPS) is 11.1. The monoisotopic (exact) mass is 483 g/mol. The lowest BCUT2D eigenvalue weighted by molar-refractivity contribution is -0.384. The van der Waals surface area contributed by atoms with Crippen LogP contribution in [0.1, 0.15) is 16.7 Å². The zero-order chi connectivity index (χ0) is 25.0. The molecule has 1 amide bonds. The Balaban J connectivity index is 1.62. The predicted molar refractivity (Wildman–Crippen MR) is 130 cm³/mol. The van der Waals surface area contributed by atoms with Gasteiger partial charge < -0.3 is 10.1 Å². The van der Waals surface area contributed by atoms with Crippen molar-refractivity contribution in [2.75, 3.05) is 23.3 Å². The molecule has 3 aromatic rings. The van der Waals surface area contributed by atoms with Gasteiger partial charge >= 0.3 is 0 Å². The molecular weight excluding hydrogens is 458 g/mol. The first-order valence-electron chi connectivity index (χ1n) is 10.3. The molecule has 0 aliphatic rings. The highest BCUT2D eigenvalue weighted by Gasteiger charge is 2.22. The second-order valence-electron chi connectivity index (χ2n) is 7.81. The molecule has 0 fully saturated rings. The zero-order valence-electron chi connectivity index (χ0n) is 19.2. The number of anilines is 2. The van der Waals surface area contributed by atoms with Gasteiger partial charge in [0.1, 0.15) is 5.75 Å². The first-order chi connectivity index (χ1) is 16.0. The van der Waals surface area contributed by atoms with Crippen molar-refractivity contribution in [2.24, 2.45) is 0 Å². The Morgan fingerprint density at radius 3 is 2.24 bits per heavy atom. The predicted octanol–water partition coefficient (Wildman–Crippen LogP) is 4.36. The maximum atomic E-state index is 13.0. The van der Waals surface area contributed by atoms with Crippen LogP contribution in [0.3, 0.4) is 0 Å². The lowest BCUT2D eigenvalue weighted by Crippen LogP contribution is -2.26. The fourth-order valence-electron chi connectivity index (χ4n) is 3.16. The molecule has 34 heavy (non-hydrogen) atoms. The summed E-state index contributed by atoms with van der Waals surface area (Å²) in [5.74, 6) is -0.0493. The van der Waals surface area contributed by atoms with Gasteiger partial charge in [0.25, 0.3) is 21.6 Å². The molecule has 1 N–H and O–H groups in total. The highest BCUT2D eigenvalue weighted by atomic mass is 32.2. The minimum Gasteiger partial charge on any atom is -0.484 e. The molecule has 0 aliphatic heterocycles. The van der Waals surface area contributed by atoms with Gasteiger partial charge in [-0.3, -0.25) is 19.2 Å². The molecule has 0 bridgehead atoms. The molecule has 0 saturated heterocycles. The number of sulfonamides is 1. The lowest BCUT2D eigenvalue weighted by Gasteiger charge is -2.20. The van der Waals surface area contributed by atoms with Crippen molar-refractivity contribution in [3.63, 3.8) is 0 Å². The summed E-state index contributed by atoms with van der Waals surface area (Å²) in [6.07, 6.45) is 0. The summed E-state index contributed by atoms with van der Waals surface area (Å²) in [5.41, 5.74) is 3.29. The van der Waals surface area contributed by atoms with E-state index in [1.807, 2.05) is 13.8 Å². The van der Waals surface area contributed by atoms with Crippen LogP contribution in [-0.4, -0.2) is 32.9 Å². The quantitative estimate of drug-likeness (QED) is 0.376. The highest BCUT2D eigenvalue weighted by molar-refractivity contribution is 7.92. The molecule has 0 radical (unpaired) electrons. The Bertz CT molecular complexity index is 1340. The number of aryl methyl sites for hydroxylation is 3. The van der Waals surface area contributed by atoms with Crippen molar-refractivity contribution in [3.05, 3.63) is 87.5 Å². The fraction of sp³-hybridized carbons (Fsp3) is 0.208. The Morgan fingerprint density at radius 2 is 1.65 bits per heavy atom. The summed E-state index contributed by atoms with van der Waals surface area (Å²) >= 11 is 0. The number of amides is 1. The number of benzene rings is 3. The third kappa shape index (κ3) is 5.52. The van der Waals surface area contributed by atoms with Crippen molar-refractivity contribution in [1.29, 1.82) is 0 Å². The molecule has 9 nitrogen and oxygen atoms in total. The average Bonchev–Trinajstić information content (AvgIpc) is 2.80. The van der Waals surface area contributed by atoms with E-state index < -0.39 is 20.9 Å². The van der Waals surface area contributed by atoms with E-state index in [2.05, 4.69) is 5.32 Å². The van der Waals surface area contributed by atoms with Crippen LogP contribution in [-0.2, 0) is 14.8 Å². The maximum absolute atomic E-state index is 13.0. The molecule has 178 valence electrons. The number of hydrogen-bond donors (Lipinski definition) is 1. The SMILES string of the molecule is Cc1ccc(S(=O)(=O)N(C)c2ccc(OCC(=O)Nc3ccc([N+](=O)[O-])cc3C)cc2)cc1C. The van der Waals surface area contributed by atoms with E-state index >= 15 is 0 Å². The van der Waals surface area contributed by atoms with Crippen LogP contribution in [0.15, 0.2) is 65.6 Å². The molecule has 0 spiro atoms. The number of nitrogens with zero attached hydrogens (tertiary/aromatic N) is 2. The highest BCUT2D eigenvalue weighted by Crippen LogP contribution is 2.26. The number of hydrogen-bond acceptors (Lipinski definition) is 6. The molecule has 3 rings (SSSR count). The number of carbonyl (C=O) groups is 1. The largest absolute Gasteiger partial charge is 0.484 e. The Labute approximate surface area is 198 Å². The molecule has 0 unspecified atom stereocenters. The van der Waals surface area contributed by atoms with Crippen LogP contribution in [0.4, 0.5) is 17.1 Å². The Kier molecular flexibility index (Phi) is 7.21. The molecule has 0 saturated carbocycles. The van der Waals surface area contributed by atoms with Gasteiger partial charge in [-0.1, -0.05) is 6.07 Å². The van der Waals surface area contributed by atoms with E-state index in [-0.39, 0.29) is 17.2 Å². The van der Waals surface area contributed by atoms with Crippen LogP contribution in [0.2, 0.25) is 0 Å². The smallest absolute Gasteiger partial charge is 0.269 e. The molecule has 3 aromatic carbocycles. The molecular formula is C24H25N3O6S. The van der Waals surface area contributed by atoms with Crippen LogP contribution in [0.5, 0.6) is 5.75 Å². The zero-order valence-corrected chi connectivity index (χ0v) is 20.0. The third-order valence-corrected chi connectivity index (χ3v) is 7.18. The lowest BCUT2D eigenvalue weighted by atomic mass is 10.1. The minimum atomic E-state index is -3.73. The number of rotatable bonds is 8. The van der Waals surface area contributed by atoms with Gasteiger partial charge in [-0.2, -0.15) is 0 Å². The molecule has 0 atom stereocenters. The van der Waals surface area contributed by atoms with E-state index in [9.17, 15) is 23.3 Å². The molecule has 0 aliphatic carbocycles. The second-order valence-corrected chi connectivity index (χ2v) is 9.77. The number of ether oxygens (including phenoxy) is 1. The van der Waals surface area contributed by atoms with Crippen molar-refractivity contribution >= 4 is 33.0 Å². The van der Waals surface area contributed by atoms with Gasteiger partial charge in [0.15, 0.2) is 6.61 Å². The van der Waals surface area contributed by atoms with E-state index in [4.69, 9.17) is 4.74 Å². The first-order valence-corrected chi connectivity index (χ1v) is 11.8. The Hall–Kier alpha value is -3.92. The van der Waals surface area contributed by atoms with Crippen LogP contribution in [0.25, 0.3) is 0 Å². The van der Waals surface area contributed by atoms with E-state index in [0.717, 1.165) is 11.1 Å². The average molecular weight is 484 g/mol. The van der Waals surface area contributed by atoms with Gasteiger partial charge in [0.2, 0.25) is 0 Å². The summed E-state index contributed by atoms with van der Waals surface area (Å²) in [6.45, 7) is 5.15. The summed E-state index contributed by atoms with van der Waals surface area (Å²) in [7, 11) is -2.26. The number of nitrogens with one attached hydrogen (secondary N) is 1. The number of non-ortho nitro benzene ring substituents is 1. The molecule has 10 heteroatoms. The van der Waals surface area contributed by atoms with Gasteiger partial charge in [-0.15, -0.1) is 0 Å². The van der Waals surface area contributed by atoms with Crippen LogP contribution in [0, 0.1) is 30.9 Å². The van der Waals surface area contributed by atoms with Crippen molar-refractivity contribution in [2.45, 2.75) is 25.7 Å². The van der Waals surface area contributed by atoms with Gasteiger partial charge in [-0.25, -0.2) is 8.42 Å². The van der Waals surface area contributed by atoms with Gasteiger partial charge in [0, 0.05) is 24.9 Å². The second kappa shape index (κ2) is 9.92. The number of nitro groups is 1. The standard InChI is InChI=1S/C24H25N3O6S/c1-16-5-11-22(14-17(16)2)34(31,32)26(4)19-6-9-21(10-7-19)33-15-24(28)25-23-12-8-20(27(29)30)13-18(23)3/h5-14H,15H2,1-4H3,(H,25,28). The summed E-state index contributed by atoms with van der Waals surface area (Å²) in [5, 5.41) is 13.5. The van der Waals surface area contributed by atoms with Gasteiger partial charge in [0.05, 0.1) is 15.5 Å². The van der Waals surface area contributed by atoms with Crippen molar-refractivity contribution in [3.8, 4) is 5.75 Å². The maximum Gasteiger partial charge on any atom is 0.269 e. The third-order valence-electron chi connectivity index (χ3n) is 5.40. The van der Waals surface area contributed by atoms with Crippen LogP contribution < -0.4 is 14.4 Å². The topological polar surface area (TPSA) is 119 Å². The van der Waals surface area contributed by atoms with E-state index in [1.165, 1.54) is 29.6 Å². The molecule has 0 aromatic heterocycles. The Morgan fingerprint density at radius 1 is 0.971 bits per heavy atom. The minimum absolute atomic E-state index is 0.0590. The molecule has 0 heterocycles. The van der Waals surface area contributed by atoms with Crippen molar-refractivity contribution < 1.29 is 22.9 Å². The van der Waals surface area contributed by atoms with E-state index in [0.29, 0.717) is 22.7 Å². The van der Waals surface area contributed by atoms with E-state index in [1.54, 1.807) is 49.4 Å². The number of nitro benzene ring substituents is 1. The number of carbonyl (C=O) groups excluding carboxylic acids is 1. The van der Waals surface area contributed by atoms with Crippen LogP contribution >= 0.6 is 0 Å².